The maximum Gasteiger partial charge on any atom is 0.348 e. The molecule has 0 saturated carbocycles. The van der Waals surface area contributed by atoms with Crippen molar-refractivity contribution < 1.29 is 48.5 Å². The van der Waals surface area contributed by atoms with Gasteiger partial charge in [-0.1, -0.05) is 24.3 Å². The van der Waals surface area contributed by atoms with Gasteiger partial charge < -0.3 is 50.8 Å². The minimum absolute atomic E-state index is 0.188. The van der Waals surface area contributed by atoms with Gasteiger partial charge in [0, 0.05) is 54.4 Å². The van der Waals surface area contributed by atoms with Gasteiger partial charge in [0.2, 0.25) is 24.5 Å². The van der Waals surface area contributed by atoms with Crippen LogP contribution in [0.2, 0.25) is 0 Å². The molecule has 4 rings (SSSR count). The Labute approximate surface area is 358 Å². The zero-order valence-corrected chi connectivity index (χ0v) is 36.1. The number of aromatic nitrogens is 6. The van der Waals surface area contributed by atoms with Crippen molar-refractivity contribution in [3.05, 3.63) is 59.7 Å². The van der Waals surface area contributed by atoms with E-state index < -0.39 is 48.1 Å². The number of nitrogens with zero attached hydrogens (tertiary/aromatic N) is 10. The van der Waals surface area contributed by atoms with Gasteiger partial charge in [-0.2, -0.15) is 9.97 Å². The number of rotatable bonds is 25. The number of hydrogen-bond donors (Lipinski definition) is 6. The normalized spacial score (nSPS) is 12.1. The van der Waals surface area contributed by atoms with E-state index in [1.807, 2.05) is 76.7 Å². The molecule has 0 aliphatic heterocycles. The second-order valence-electron chi connectivity index (χ2n) is 14.1. The standard InChI is InChI=1S/C38H56N14O10/c1-39-37(57)51(35-43-33(49(7)45-35)41-17-11-19-59-27-15-9-13-25(21-27)23-47(3)4)61-31(55)29(53)30(54)32(56)62-52(38(58)40-2)36-44-34(50(8)46-36)42-18-12-20-60-28-16-10-14-26(22-28)24-48(5)6/h9-10,13-16,21-22,31-32,55-56H,11-12,17-20,23-24H2,1-8H3,(H,39,57)(H,40,58)(H,41,43,45)(H,42,44,46). The van der Waals surface area contributed by atoms with Crippen molar-refractivity contribution in [1.29, 1.82) is 0 Å². The molecule has 338 valence electrons. The lowest BCUT2D eigenvalue weighted by Gasteiger charge is -2.22. The molecule has 0 radical (unpaired) electrons. The lowest BCUT2D eigenvalue weighted by atomic mass is 10.2. The Balaban J connectivity index is 1.30. The number of carbonyl (C=O) groups excluding carboxylic acids is 4. The molecule has 0 saturated heterocycles. The lowest BCUT2D eigenvalue weighted by Crippen LogP contribution is -2.49. The first kappa shape index (κ1) is 48.2. The fourth-order valence-corrected chi connectivity index (χ4v) is 5.46. The number of Topliss-reactive ketones (excluding diaryl/α,β-unsaturated/α-hetero) is 2. The number of benzene rings is 2. The van der Waals surface area contributed by atoms with Crippen LogP contribution < -0.4 is 40.9 Å². The summed E-state index contributed by atoms with van der Waals surface area (Å²) in [6.45, 7) is 3.10. The quantitative estimate of drug-likeness (QED) is 0.0229. The molecule has 2 heterocycles. The van der Waals surface area contributed by atoms with Crippen LogP contribution >= 0.6 is 0 Å². The molecule has 62 heavy (non-hydrogen) atoms. The van der Waals surface area contributed by atoms with Crippen LogP contribution in [0.5, 0.6) is 11.5 Å². The Bertz CT molecular complexity index is 1950. The number of aliphatic hydroxyl groups is 2. The number of anilines is 4. The molecular formula is C38H56N14O10. The first-order chi connectivity index (χ1) is 29.6. The van der Waals surface area contributed by atoms with Crippen molar-refractivity contribution in [2.45, 2.75) is 38.5 Å². The molecule has 0 aliphatic rings. The third-order valence-electron chi connectivity index (χ3n) is 8.31. The number of hydrogen-bond acceptors (Lipinski definition) is 18. The van der Waals surface area contributed by atoms with Gasteiger partial charge in [-0.3, -0.25) is 9.59 Å². The zero-order chi connectivity index (χ0) is 45.3. The van der Waals surface area contributed by atoms with E-state index in [1.54, 1.807) is 0 Å². The molecule has 24 heteroatoms. The van der Waals surface area contributed by atoms with E-state index in [4.69, 9.17) is 19.1 Å². The molecule has 4 aromatic rings. The highest BCUT2D eigenvalue weighted by Gasteiger charge is 2.37. The number of aliphatic hydroxyl groups excluding tert-OH is 2. The number of aryl methyl sites for hydroxylation is 2. The van der Waals surface area contributed by atoms with Crippen LogP contribution in [0.15, 0.2) is 48.5 Å². The van der Waals surface area contributed by atoms with Crippen molar-refractivity contribution in [3.63, 3.8) is 0 Å². The Morgan fingerprint density at radius 1 is 0.661 bits per heavy atom. The van der Waals surface area contributed by atoms with Crippen LogP contribution in [0, 0.1) is 0 Å². The van der Waals surface area contributed by atoms with Gasteiger partial charge in [-0.25, -0.2) is 28.6 Å². The van der Waals surface area contributed by atoms with Crippen LogP contribution in [-0.2, 0) is 46.4 Å². The summed E-state index contributed by atoms with van der Waals surface area (Å²) in [7, 11) is 13.4. The van der Waals surface area contributed by atoms with Crippen LogP contribution in [0.25, 0.3) is 0 Å². The van der Waals surface area contributed by atoms with Crippen molar-refractivity contribution in [3.8, 4) is 11.5 Å². The summed E-state index contributed by atoms with van der Waals surface area (Å²) >= 11 is 0. The van der Waals surface area contributed by atoms with Crippen molar-refractivity contribution >= 4 is 47.4 Å². The number of ether oxygens (including phenoxy) is 2. The third kappa shape index (κ3) is 14.3. The van der Waals surface area contributed by atoms with Crippen LogP contribution in [0.4, 0.5) is 33.4 Å². The molecule has 2 atom stereocenters. The Kier molecular flexibility index (Phi) is 18.3. The summed E-state index contributed by atoms with van der Waals surface area (Å²) in [5.41, 5.74) is 2.22. The summed E-state index contributed by atoms with van der Waals surface area (Å²) < 4.78 is 14.3. The van der Waals surface area contributed by atoms with Crippen LogP contribution in [-0.4, -0.2) is 154 Å². The van der Waals surface area contributed by atoms with E-state index in [1.165, 1.54) is 37.6 Å². The number of ketones is 2. The van der Waals surface area contributed by atoms with E-state index >= 15 is 0 Å². The van der Waals surface area contributed by atoms with Crippen LogP contribution in [0.1, 0.15) is 24.0 Å². The second-order valence-corrected chi connectivity index (χ2v) is 14.1. The molecule has 0 aliphatic carbocycles. The van der Waals surface area contributed by atoms with Gasteiger partial charge in [-0.05, 0) is 76.4 Å². The SMILES string of the molecule is CNC(=O)N(OC(O)C(=O)C(=O)C(O)ON(C(=O)NC)c1nc(NCCCOc2cccc(CN(C)C)c2)n(C)n1)c1nc(NCCCOc2cccc(CN(C)C)c2)n(C)n1. The predicted molar refractivity (Wildman–Crippen MR) is 225 cm³/mol. The molecule has 24 nitrogen and oxygen atoms in total. The molecule has 0 spiro atoms. The third-order valence-corrected chi connectivity index (χ3v) is 8.31. The molecule has 2 aromatic heterocycles. The van der Waals surface area contributed by atoms with Gasteiger partial charge in [-0.15, -0.1) is 20.3 Å². The largest absolute Gasteiger partial charge is 0.494 e. The highest BCUT2D eigenvalue weighted by molar-refractivity contribution is 6.39. The minimum Gasteiger partial charge on any atom is -0.494 e. The maximum atomic E-state index is 13.0. The van der Waals surface area contributed by atoms with Gasteiger partial charge in [0.1, 0.15) is 11.5 Å². The van der Waals surface area contributed by atoms with E-state index in [0.29, 0.717) is 49.3 Å². The van der Waals surface area contributed by atoms with Crippen molar-refractivity contribution in [1.82, 2.24) is 50.0 Å². The molecule has 2 unspecified atom stereocenters. The fourth-order valence-electron chi connectivity index (χ4n) is 5.46. The number of urea groups is 2. The zero-order valence-electron chi connectivity index (χ0n) is 36.1. The summed E-state index contributed by atoms with van der Waals surface area (Å²) in [6.07, 6.45) is -4.22. The first-order valence-corrected chi connectivity index (χ1v) is 19.4. The monoisotopic (exact) mass is 868 g/mol. The molecule has 0 bridgehead atoms. The Hall–Kier alpha value is -6.44. The Morgan fingerprint density at radius 3 is 1.40 bits per heavy atom. The highest BCUT2D eigenvalue weighted by atomic mass is 16.8. The summed E-state index contributed by atoms with van der Waals surface area (Å²) in [5, 5.41) is 40.7. The summed E-state index contributed by atoms with van der Waals surface area (Å²) in [5.74, 6) is -2.51. The van der Waals surface area contributed by atoms with E-state index in [2.05, 4.69) is 51.2 Å². The number of nitrogens with one attached hydrogen (secondary N) is 4. The molecule has 6 N–H and O–H groups in total. The van der Waals surface area contributed by atoms with Gasteiger partial charge in [0.25, 0.3) is 23.5 Å². The van der Waals surface area contributed by atoms with E-state index in [0.717, 1.165) is 35.7 Å². The van der Waals surface area contributed by atoms with Gasteiger partial charge in [0.15, 0.2) is 0 Å². The highest BCUT2D eigenvalue weighted by Crippen LogP contribution is 2.19. The maximum absolute atomic E-state index is 13.0. The van der Waals surface area contributed by atoms with E-state index in [-0.39, 0.29) is 11.9 Å². The number of hydroxylamine groups is 2. The second kappa shape index (κ2) is 23.5. The number of amides is 4. The van der Waals surface area contributed by atoms with Gasteiger partial charge in [0.05, 0.1) is 13.2 Å². The first-order valence-electron chi connectivity index (χ1n) is 19.4. The fraction of sp³-hybridized carbons (Fsp3) is 0.474. The lowest BCUT2D eigenvalue weighted by molar-refractivity contribution is -0.177. The molecule has 0 fully saturated rings. The van der Waals surface area contributed by atoms with E-state index in [9.17, 15) is 29.4 Å². The van der Waals surface area contributed by atoms with Crippen molar-refractivity contribution in [2.75, 3.05) is 89.3 Å². The topological polar surface area (TPSA) is 268 Å². The number of carbonyl (C=O) groups is 4. The molecule has 4 amide bonds. The Morgan fingerprint density at radius 2 is 1.05 bits per heavy atom. The van der Waals surface area contributed by atoms with Gasteiger partial charge >= 0.3 is 12.1 Å². The minimum atomic E-state index is -2.67. The molecule has 2 aromatic carbocycles. The molecular weight excluding hydrogens is 813 g/mol. The van der Waals surface area contributed by atoms with Crippen molar-refractivity contribution in [2.24, 2.45) is 14.1 Å². The average Bonchev–Trinajstić information content (AvgIpc) is 3.80. The smallest absolute Gasteiger partial charge is 0.348 e. The predicted octanol–water partition coefficient (Wildman–Crippen LogP) is 0.459. The average molecular weight is 869 g/mol. The van der Waals surface area contributed by atoms with Crippen LogP contribution in [0.3, 0.4) is 0 Å². The summed E-state index contributed by atoms with van der Waals surface area (Å²) in [6, 6.07) is 13.5. The summed E-state index contributed by atoms with van der Waals surface area (Å²) in [4.78, 5) is 74.2.